The first-order valence-corrected chi connectivity index (χ1v) is 8.12. The largest absolute Gasteiger partial charge is 0.497 e. The van der Waals surface area contributed by atoms with Crippen LogP contribution < -0.4 is 4.74 Å². The van der Waals surface area contributed by atoms with Crippen molar-refractivity contribution in [2.75, 3.05) is 7.11 Å². The maximum atomic E-state index is 12.6. The summed E-state index contributed by atoms with van der Waals surface area (Å²) in [5, 5.41) is 8.39. The summed E-state index contributed by atoms with van der Waals surface area (Å²) in [5.74, 6) is -1.26. The molecule has 1 saturated carbocycles. The first kappa shape index (κ1) is 14.8. The third-order valence-corrected chi connectivity index (χ3v) is 6.10. The third-order valence-electron chi connectivity index (χ3n) is 3.81. The lowest BCUT2D eigenvalue weighted by molar-refractivity contribution is -0.142. The van der Waals surface area contributed by atoms with Gasteiger partial charge in [-0.15, -0.1) is 0 Å². The second kappa shape index (κ2) is 5.83. The van der Waals surface area contributed by atoms with Gasteiger partial charge in [-0.25, -0.2) is 8.42 Å². The molecule has 5 nitrogen and oxygen atoms in total. The second-order valence-electron chi connectivity index (χ2n) is 4.99. The van der Waals surface area contributed by atoms with E-state index in [2.05, 4.69) is 0 Å². The average molecular weight is 298 g/mol. The molecule has 110 valence electrons. The molecule has 1 aromatic rings. The van der Waals surface area contributed by atoms with Crippen LogP contribution in [-0.2, 0) is 14.6 Å². The van der Waals surface area contributed by atoms with Gasteiger partial charge < -0.3 is 9.84 Å². The summed E-state index contributed by atoms with van der Waals surface area (Å²) < 4.78 is 30.2. The lowest BCUT2D eigenvalue weighted by atomic mass is 9.89. The van der Waals surface area contributed by atoms with Gasteiger partial charge in [0.2, 0.25) is 0 Å². The van der Waals surface area contributed by atoms with Crippen molar-refractivity contribution in [3.05, 3.63) is 24.3 Å². The molecule has 0 saturated heterocycles. The maximum Gasteiger partial charge on any atom is 0.307 e. The molecular formula is C14H18O5S. The fraction of sp³-hybridized carbons (Fsp3) is 0.500. The van der Waals surface area contributed by atoms with Crippen LogP contribution in [0.1, 0.15) is 25.7 Å². The first-order chi connectivity index (χ1) is 9.46. The van der Waals surface area contributed by atoms with Crippen LogP contribution in [-0.4, -0.2) is 31.9 Å². The zero-order valence-corrected chi connectivity index (χ0v) is 12.1. The molecule has 0 bridgehead atoms. The Bertz CT molecular complexity index is 576. The van der Waals surface area contributed by atoms with Crippen LogP contribution in [0.3, 0.4) is 0 Å². The topological polar surface area (TPSA) is 80.7 Å². The van der Waals surface area contributed by atoms with Crippen LogP contribution in [0.15, 0.2) is 29.2 Å². The number of benzene rings is 1. The molecule has 2 rings (SSSR count). The normalized spacial score (nSPS) is 23.2. The van der Waals surface area contributed by atoms with Crippen LogP contribution in [0.5, 0.6) is 5.75 Å². The molecule has 20 heavy (non-hydrogen) atoms. The Morgan fingerprint density at radius 1 is 1.20 bits per heavy atom. The van der Waals surface area contributed by atoms with Crippen LogP contribution in [0, 0.1) is 5.92 Å². The van der Waals surface area contributed by atoms with Crippen molar-refractivity contribution in [1.29, 1.82) is 0 Å². The van der Waals surface area contributed by atoms with Gasteiger partial charge in [-0.3, -0.25) is 4.79 Å². The molecular weight excluding hydrogens is 280 g/mol. The van der Waals surface area contributed by atoms with Gasteiger partial charge >= 0.3 is 5.97 Å². The highest BCUT2D eigenvalue weighted by atomic mass is 32.2. The van der Waals surface area contributed by atoms with Crippen LogP contribution >= 0.6 is 0 Å². The molecule has 0 amide bonds. The van der Waals surface area contributed by atoms with Gasteiger partial charge in [-0.1, -0.05) is 12.8 Å². The van der Waals surface area contributed by atoms with Crippen LogP contribution in [0.2, 0.25) is 0 Å². The summed E-state index contributed by atoms with van der Waals surface area (Å²) in [6, 6.07) is 6.10. The molecule has 1 aliphatic rings. The molecule has 1 aliphatic carbocycles. The van der Waals surface area contributed by atoms with E-state index >= 15 is 0 Å². The van der Waals surface area contributed by atoms with Gasteiger partial charge in [0.25, 0.3) is 0 Å². The number of aliphatic carboxylic acids is 1. The smallest absolute Gasteiger partial charge is 0.307 e. The molecule has 1 N–H and O–H groups in total. The maximum absolute atomic E-state index is 12.6. The molecule has 0 heterocycles. The third kappa shape index (κ3) is 2.80. The van der Waals surface area contributed by atoms with Gasteiger partial charge in [0.1, 0.15) is 5.75 Å². The van der Waals surface area contributed by atoms with Crippen molar-refractivity contribution in [2.45, 2.75) is 35.8 Å². The molecule has 6 heteroatoms. The van der Waals surface area contributed by atoms with E-state index in [1.165, 1.54) is 19.2 Å². The number of ether oxygens (including phenoxy) is 1. The van der Waals surface area contributed by atoms with Crippen molar-refractivity contribution in [3.8, 4) is 5.75 Å². The number of methoxy groups -OCH3 is 1. The lowest BCUT2D eigenvalue weighted by Crippen LogP contribution is -2.37. The van der Waals surface area contributed by atoms with Crippen LogP contribution in [0.25, 0.3) is 0 Å². The summed E-state index contributed by atoms with van der Waals surface area (Å²) in [6.07, 6.45) is 2.36. The van der Waals surface area contributed by atoms with Gasteiger partial charge in [0.15, 0.2) is 9.84 Å². The van der Waals surface area contributed by atoms with Crippen molar-refractivity contribution in [1.82, 2.24) is 0 Å². The Morgan fingerprint density at radius 3 is 2.35 bits per heavy atom. The number of carbonyl (C=O) groups is 1. The minimum atomic E-state index is -3.62. The standard InChI is InChI=1S/C14H18O5S/c1-19-10-6-8-11(9-7-10)20(17,18)13-5-3-2-4-12(13)14(15)16/h6-9,12-13H,2-5H2,1H3,(H,15,16)/t12-,13-/m1/s1. The van der Waals surface area contributed by atoms with Crippen molar-refractivity contribution < 1.29 is 23.1 Å². The minimum Gasteiger partial charge on any atom is -0.497 e. The van der Waals surface area contributed by atoms with E-state index in [1.807, 2.05) is 0 Å². The number of hydrogen-bond acceptors (Lipinski definition) is 4. The molecule has 0 spiro atoms. The highest BCUT2D eigenvalue weighted by Gasteiger charge is 2.40. The van der Waals surface area contributed by atoms with Crippen molar-refractivity contribution in [3.63, 3.8) is 0 Å². The Balaban J connectivity index is 2.34. The fourth-order valence-electron chi connectivity index (χ4n) is 2.69. The molecule has 2 atom stereocenters. The molecule has 0 aliphatic heterocycles. The van der Waals surface area contributed by atoms with Gasteiger partial charge in [-0.05, 0) is 37.1 Å². The van der Waals surface area contributed by atoms with E-state index in [-0.39, 0.29) is 4.90 Å². The second-order valence-corrected chi connectivity index (χ2v) is 7.16. The monoisotopic (exact) mass is 298 g/mol. The minimum absolute atomic E-state index is 0.163. The zero-order valence-electron chi connectivity index (χ0n) is 11.3. The van der Waals surface area contributed by atoms with Gasteiger partial charge in [-0.2, -0.15) is 0 Å². The quantitative estimate of drug-likeness (QED) is 0.920. The molecule has 0 unspecified atom stereocenters. The van der Waals surface area contributed by atoms with E-state index in [4.69, 9.17) is 4.74 Å². The molecule has 0 aromatic heterocycles. The predicted octanol–water partition coefficient (Wildman–Crippen LogP) is 2.11. The highest BCUT2D eigenvalue weighted by Crippen LogP contribution is 2.33. The SMILES string of the molecule is COc1ccc(S(=O)(=O)[C@@H]2CCCC[C@H]2C(=O)O)cc1. The Hall–Kier alpha value is -1.56. The summed E-state index contributed by atoms with van der Waals surface area (Å²) >= 11 is 0. The Kier molecular flexibility index (Phi) is 4.32. The Morgan fingerprint density at radius 2 is 1.80 bits per heavy atom. The Labute approximate surface area is 118 Å². The highest BCUT2D eigenvalue weighted by molar-refractivity contribution is 7.92. The van der Waals surface area contributed by atoms with Crippen molar-refractivity contribution in [2.24, 2.45) is 5.92 Å². The van der Waals surface area contributed by atoms with E-state index in [9.17, 15) is 18.3 Å². The molecule has 0 radical (unpaired) electrons. The average Bonchev–Trinajstić information content (AvgIpc) is 2.47. The predicted molar refractivity (Wildman–Crippen MR) is 73.6 cm³/mol. The number of carboxylic acids is 1. The zero-order chi connectivity index (χ0) is 14.8. The molecule has 1 aromatic carbocycles. The van der Waals surface area contributed by atoms with E-state index in [1.54, 1.807) is 12.1 Å². The summed E-state index contributed by atoms with van der Waals surface area (Å²) in [7, 11) is -2.11. The first-order valence-electron chi connectivity index (χ1n) is 6.57. The van der Waals surface area contributed by atoms with Gasteiger partial charge in [0, 0.05) is 0 Å². The number of rotatable bonds is 4. The fourth-order valence-corrected chi connectivity index (χ4v) is 4.72. The lowest BCUT2D eigenvalue weighted by Gasteiger charge is -2.28. The number of sulfone groups is 1. The van der Waals surface area contributed by atoms with Crippen LogP contribution in [0.4, 0.5) is 0 Å². The number of carboxylic acid groups (broad SMARTS) is 1. The summed E-state index contributed by atoms with van der Waals surface area (Å²) in [4.78, 5) is 11.4. The van der Waals surface area contributed by atoms with E-state index in [0.717, 1.165) is 12.8 Å². The summed E-state index contributed by atoms with van der Waals surface area (Å²) in [6.45, 7) is 0. The van der Waals surface area contributed by atoms with Crippen molar-refractivity contribution >= 4 is 15.8 Å². The van der Waals surface area contributed by atoms with E-state index < -0.39 is 27.0 Å². The van der Waals surface area contributed by atoms with Gasteiger partial charge in [0.05, 0.1) is 23.2 Å². The summed E-state index contributed by atoms with van der Waals surface area (Å²) in [5.41, 5.74) is 0. The van der Waals surface area contributed by atoms with E-state index in [0.29, 0.717) is 18.6 Å². The number of hydrogen-bond donors (Lipinski definition) is 1. The molecule has 1 fully saturated rings.